The van der Waals surface area contributed by atoms with Crippen molar-refractivity contribution in [3.05, 3.63) is 231 Å². The summed E-state index contributed by atoms with van der Waals surface area (Å²) in [5.74, 6) is 0. The highest BCUT2D eigenvalue weighted by Gasteiger charge is 2.23. The number of furan rings is 1. The van der Waals surface area contributed by atoms with Crippen molar-refractivity contribution in [1.29, 1.82) is 0 Å². The number of fused-ring (bicyclic) bond motifs is 9. The van der Waals surface area contributed by atoms with E-state index in [-0.39, 0.29) is 0 Å². The summed E-state index contributed by atoms with van der Waals surface area (Å²) in [7, 11) is 0. The maximum atomic E-state index is 6.39. The van der Waals surface area contributed by atoms with Gasteiger partial charge in [-0.3, -0.25) is 0 Å². The zero-order chi connectivity index (χ0) is 42.1. The molecule has 0 atom stereocenters. The zero-order valence-electron chi connectivity index (χ0n) is 34.7. The first-order chi connectivity index (χ1) is 31.7. The van der Waals surface area contributed by atoms with Gasteiger partial charge in [-0.1, -0.05) is 158 Å². The smallest absolute Gasteiger partial charge is 0.136 e. The number of benzene rings is 10. The van der Waals surface area contributed by atoms with Crippen LogP contribution < -0.4 is 4.90 Å². The standard InChI is InChI=1S/C60H38N2OS/c1-2-16-39(17-3-1)59-45(41-34-35-50-49-24-7-11-33-57(49)64-58(50)37-41)26-14-30-54(59)61(42-19-12-18-40(36-42)46-27-15-32-56-60(46)51-25-6-10-31-55(51)63-56)43-20-13-21-44(38-43)62-52-28-8-4-22-47(52)48-23-5-9-29-53(48)62/h1-38H. The largest absolute Gasteiger partial charge is 0.456 e. The first kappa shape index (κ1) is 36.5. The molecule has 13 rings (SSSR count). The number of thiophene rings is 1. The van der Waals surface area contributed by atoms with Crippen LogP contribution in [-0.2, 0) is 0 Å². The van der Waals surface area contributed by atoms with E-state index in [4.69, 9.17) is 4.42 Å². The number of aromatic nitrogens is 1. The average Bonchev–Trinajstić information content (AvgIpc) is 4.04. The van der Waals surface area contributed by atoms with Crippen molar-refractivity contribution in [3.63, 3.8) is 0 Å². The second-order valence-corrected chi connectivity index (χ2v) is 17.5. The van der Waals surface area contributed by atoms with E-state index < -0.39 is 0 Å². The molecular weight excluding hydrogens is 797 g/mol. The van der Waals surface area contributed by atoms with Gasteiger partial charge in [-0.15, -0.1) is 11.3 Å². The van der Waals surface area contributed by atoms with E-state index in [1.165, 1.54) is 58.7 Å². The number of rotatable bonds is 7. The van der Waals surface area contributed by atoms with Gasteiger partial charge in [0.2, 0.25) is 0 Å². The van der Waals surface area contributed by atoms with Crippen LogP contribution in [0.25, 0.3) is 103 Å². The van der Waals surface area contributed by atoms with Crippen molar-refractivity contribution >= 4 is 92.3 Å². The Bertz CT molecular complexity index is 3880. The highest BCUT2D eigenvalue weighted by atomic mass is 32.1. The van der Waals surface area contributed by atoms with Crippen LogP contribution in [0.2, 0.25) is 0 Å². The zero-order valence-corrected chi connectivity index (χ0v) is 35.5. The molecule has 0 unspecified atom stereocenters. The van der Waals surface area contributed by atoms with Gasteiger partial charge in [-0.2, -0.15) is 0 Å². The Morgan fingerprint density at radius 1 is 0.375 bits per heavy atom. The lowest BCUT2D eigenvalue weighted by atomic mass is 9.91. The molecule has 0 saturated carbocycles. The molecule has 64 heavy (non-hydrogen) atoms. The maximum absolute atomic E-state index is 6.39. The summed E-state index contributed by atoms with van der Waals surface area (Å²) in [6.45, 7) is 0. The Morgan fingerprint density at radius 3 is 1.80 bits per heavy atom. The summed E-state index contributed by atoms with van der Waals surface area (Å²) < 4.78 is 11.4. The molecule has 0 bridgehead atoms. The highest BCUT2D eigenvalue weighted by Crippen LogP contribution is 2.48. The molecule has 0 aliphatic rings. The summed E-state index contributed by atoms with van der Waals surface area (Å²) in [6, 6.07) is 83.6. The minimum Gasteiger partial charge on any atom is -0.456 e. The number of hydrogen-bond donors (Lipinski definition) is 0. The number of anilines is 3. The normalized spacial score (nSPS) is 11.8. The predicted octanol–water partition coefficient (Wildman–Crippen LogP) is 17.5. The third-order valence-electron chi connectivity index (χ3n) is 12.8. The average molecular weight is 835 g/mol. The van der Waals surface area contributed by atoms with E-state index in [0.717, 1.165) is 61.4 Å². The molecular formula is C60H38N2OS. The Balaban J connectivity index is 1.07. The predicted molar refractivity (Wildman–Crippen MR) is 272 cm³/mol. The molecule has 300 valence electrons. The Hall–Kier alpha value is -8.18. The molecule has 0 aliphatic heterocycles. The molecule has 3 nitrogen and oxygen atoms in total. The fraction of sp³-hybridized carbons (Fsp3) is 0. The van der Waals surface area contributed by atoms with Crippen molar-refractivity contribution in [2.75, 3.05) is 4.90 Å². The summed E-state index contributed by atoms with van der Waals surface area (Å²) in [5.41, 5.74) is 15.4. The van der Waals surface area contributed by atoms with Crippen LogP contribution in [0, 0.1) is 0 Å². The Kier molecular flexibility index (Phi) is 8.40. The van der Waals surface area contributed by atoms with Crippen molar-refractivity contribution in [2.45, 2.75) is 0 Å². The summed E-state index contributed by atoms with van der Waals surface area (Å²) in [6.07, 6.45) is 0. The third kappa shape index (κ3) is 5.81. The van der Waals surface area contributed by atoms with Crippen LogP contribution in [0.1, 0.15) is 0 Å². The van der Waals surface area contributed by atoms with Crippen LogP contribution >= 0.6 is 11.3 Å². The molecule has 0 fully saturated rings. The lowest BCUT2D eigenvalue weighted by Crippen LogP contribution is -2.12. The first-order valence-corrected chi connectivity index (χ1v) is 22.6. The number of para-hydroxylation sites is 3. The van der Waals surface area contributed by atoms with E-state index in [2.05, 4.69) is 234 Å². The lowest BCUT2D eigenvalue weighted by molar-refractivity contribution is 0.669. The van der Waals surface area contributed by atoms with Crippen LogP contribution in [0.3, 0.4) is 0 Å². The SMILES string of the molecule is c1ccc(-c2c(-c3ccc4c(c3)sc3ccccc34)cccc2N(c2cccc(-c3cccc4oc5ccccc5c34)c2)c2cccc(-n3c4ccccc4c4ccccc43)c2)cc1. The minimum absolute atomic E-state index is 0.884. The highest BCUT2D eigenvalue weighted by molar-refractivity contribution is 7.25. The van der Waals surface area contributed by atoms with Gasteiger partial charge in [0.25, 0.3) is 0 Å². The number of hydrogen-bond acceptors (Lipinski definition) is 3. The van der Waals surface area contributed by atoms with Gasteiger partial charge in [0, 0.05) is 64.3 Å². The van der Waals surface area contributed by atoms with Crippen molar-refractivity contribution in [1.82, 2.24) is 4.57 Å². The summed E-state index contributed by atoms with van der Waals surface area (Å²) in [4.78, 5) is 2.46. The van der Waals surface area contributed by atoms with E-state index >= 15 is 0 Å². The topological polar surface area (TPSA) is 21.3 Å². The van der Waals surface area contributed by atoms with Gasteiger partial charge in [-0.05, 0) is 101 Å². The van der Waals surface area contributed by atoms with E-state index in [1.54, 1.807) is 0 Å². The second kappa shape index (κ2) is 14.7. The molecule has 0 N–H and O–H groups in total. The molecule has 0 spiro atoms. The number of nitrogens with zero attached hydrogens (tertiary/aromatic N) is 2. The quantitative estimate of drug-likeness (QED) is 0.159. The Morgan fingerprint density at radius 2 is 0.969 bits per heavy atom. The van der Waals surface area contributed by atoms with Gasteiger partial charge in [0.15, 0.2) is 0 Å². The molecule has 4 heteroatoms. The summed E-state index contributed by atoms with van der Waals surface area (Å²) >= 11 is 1.86. The van der Waals surface area contributed by atoms with E-state index in [1.807, 2.05) is 17.4 Å². The van der Waals surface area contributed by atoms with Crippen LogP contribution in [0.15, 0.2) is 235 Å². The van der Waals surface area contributed by atoms with Crippen molar-refractivity contribution in [3.8, 4) is 39.1 Å². The lowest BCUT2D eigenvalue weighted by Gasteiger charge is -2.30. The van der Waals surface area contributed by atoms with Crippen LogP contribution in [-0.4, -0.2) is 4.57 Å². The third-order valence-corrected chi connectivity index (χ3v) is 13.9. The van der Waals surface area contributed by atoms with Gasteiger partial charge in [-0.25, -0.2) is 0 Å². The molecule has 0 amide bonds. The van der Waals surface area contributed by atoms with Gasteiger partial charge in [0.05, 0.1) is 16.7 Å². The fourth-order valence-corrected chi connectivity index (χ4v) is 11.1. The molecule has 0 aliphatic carbocycles. The molecule has 0 saturated heterocycles. The van der Waals surface area contributed by atoms with Crippen molar-refractivity contribution in [2.24, 2.45) is 0 Å². The maximum Gasteiger partial charge on any atom is 0.136 e. The molecule has 3 aromatic heterocycles. The second-order valence-electron chi connectivity index (χ2n) is 16.4. The molecule has 3 heterocycles. The monoisotopic (exact) mass is 834 g/mol. The van der Waals surface area contributed by atoms with E-state index in [9.17, 15) is 0 Å². The first-order valence-electron chi connectivity index (χ1n) is 21.7. The molecule has 13 aromatic rings. The van der Waals surface area contributed by atoms with Gasteiger partial charge < -0.3 is 13.9 Å². The molecule has 0 radical (unpaired) electrons. The summed E-state index contributed by atoms with van der Waals surface area (Å²) in [5, 5.41) is 7.32. The van der Waals surface area contributed by atoms with Crippen LogP contribution in [0.5, 0.6) is 0 Å². The van der Waals surface area contributed by atoms with Crippen molar-refractivity contribution < 1.29 is 4.42 Å². The minimum atomic E-state index is 0.884. The van der Waals surface area contributed by atoms with Gasteiger partial charge in [0.1, 0.15) is 11.2 Å². The fourth-order valence-electron chi connectivity index (χ4n) is 10.00. The van der Waals surface area contributed by atoms with E-state index in [0.29, 0.717) is 0 Å². The molecule has 10 aromatic carbocycles. The Labute approximate surface area is 373 Å². The van der Waals surface area contributed by atoms with Crippen LogP contribution in [0.4, 0.5) is 17.1 Å². The van der Waals surface area contributed by atoms with Gasteiger partial charge >= 0.3 is 0 Å².